The van der Waals surface area contributed by atoms with E-state index in [1.807, 2.05) is 12.1 Å². The van der Waals surface area contributed by atoms with Gasteiger partial charge < -0.3 is 10.6 Å². The highest BCUT2D eigenvalue weighted by Gasteiger charge is 2.18. The summed E-state index contributed by atoms with van der Waals surface area (Å²) in [6.45, 7) is 0. The number of hydrogen-bond donors (Lipinski definition) is 1. The van der Waals surface area contributed by atoms with E-state index >= 15 is 0 Å². The summed E-state index contributed by atoms with van der Waals surface area (Å²) in [6.07, 6.45) is 6.42. The Kier molecular flexibility index (Phi) is 4.20. The second kappa shape index (κ2) is 5.87. The molecule has 4 heteroatoms. The summed E-state index contributed by atoms with van der Waals surface area (Å²) in [5.74, 6) is -0.982. The Morgan fingerprint density at radius 1 is 1.11 bits per heavy atom. The maximum atomic E-state index is 11.5. The standard InChI is InChI=1S/C15H20N2O2/c1-17(15(19)14(16)18)13-9-7-12(8-10-13)11-5-3-2-4-6-11/h7-11H,2-6H2,1H3,(H2,16,18). The zero-order chi connectivity index (χ0) is 13.8. The van der Waals surface area contributed by atoms with Crippen LogP contribution in [0.15, 0.2) is 24.3 Å². The minimum Gasteiger partial charge on any atom is -0.361 e. The topological polar surface area (TPSA) is 63.4 Å². The lowest BCUT2D eigenvalue weighted by atomic mass is 9.84. The van der Waals surface area contributed by atoms with E-state index in [9.17, 15) is 9.59 Å². The maximum absolute atomic E-state index is 11.5. The summed E-state index contributed by atoms with van der Waals surface area (Å²) in [5.41, 5.74) is 7.01. The van der Waals surface area contributed by atoms with Crippen molar-refractivity contribution >= 4 is 17.5 Å². The summed E-state index contributed by atoms with van der Waals surface area (Å²) in [6, 6.07) is 7.86. The van der Waals surface area contributed by atoms with Crippen molar-refractivity contribution in [2.24, 2.45) is 5.73 Å². The van der Waals surface area contributed by atoms with Gasteiger partial charge in [-0.15, -0.1) is 0 Å². The molecule has 0 aliphatic heterocycles. The lowest BCUT2D eigenvalue weighted by Crippen LogP contribution is -2.37. The Labute approximate surface area is 113 Å². The fourth-order valence-corrected chi connectivity index (χ4v) is 2.69. The van der Waals surface area contributed by atoms with Gasteiger partial charge in [0.15, 0.2) is 0 Å². The van der Waals surface area contributed by atoms with Crippen LogP contribution >= 0.6 is 0 Å². The summed E-state index contributed by atoms with van der Waals surface area (Å²) in [7, 11) is 1.56. The molecule has 2 rings (SSSR count). The smallest absolute Gasteiger partial charge is 0.315 e. The third kappa shape index (κ3) is 3.13. The molecule has 0 aromatic heterocycles. The average molecular weight is 260 g/mol. The Morgan fingerprint density at radius 2 is 1.68 bits per heavy atom. The molecule has 4 nitrogen and oxygen atoms in total. The highest BCUT2D eigenvalue weighted by molar-refractivity contribution is 6.39. The molecule has 0 atom stereocenters. The summed E-state index contributed by atoms with van der Waals surface area (Å²) in [5, 5.41) is 0. The number of anilines is 1. The third-order valence-corrected chi connectivity index (χ3v) is 3.87. The number of carbonyl (C=O) groups is 2. The fourth-order valence-electron chi connectivity index (χ4n) is 2.69. The van der Waals surface area contributed by atoms with Gasteiger partial charge in [0.2, 0.25) is 0 Å². The number of likely N-dealkylation sites (N-methyl/N-ethyl adjacent to an activating group) is 1. The molecule has 1 aromatic rings. The van der Waals surface area contributed by atoms with E-state index < -0.39 is 11.8 Å². The Hall–Kier alpha value is -1.84. The minimum atomic E-state index is -0.932. The Bertz CT molecular complexity index is 462. The molecule has 0 spiro atoms. The Morgan fingerprint density at radius 3 is 2.21 bits per heavy atom. The van der Waals surface area contributed by atoms with Gasteiger partial charge in [0.05, 0.1) is 0 Å². The van der Waals surface area contributed by atoms with Crippen molar-refractivity contribution in [3.8, 4) is 0 Å². The molecule has 2 amide bonds. The Balaban J connectivity index is 2.09. The van der Waals surface area contributed by atoms with Crippen LogP contribution in [0.25, 0.3) is 0 Å². The minimum absolute atomic E-state index is 0.639. The predicted octanol–water partition coefficient (Wildman–Crippen LogP) is 2.18. The number of rotatable bonds is 2. The normalized spacial score (nSPS) is 16.1. The first kappa shape index (κ1) is 13.6. The first-order valence-corrected chi connectivity index (χ1v) is 6.77. The number of nitrogens with zero attached hydrogens (tertiary/aromatic N) is 1. The predicted molar refractivity (Wildman–Crippen MR) is 74.9 cm³/mol. The third-order valence-electron chi connectivity index (χ3n) is 3.87. The van der Waals surface area contributed by atoms with Crippen LogP contribution in [0.3, 0.4) is 0 Å². The van der Waals surface area contributed by atoms with Crippen molar-refractivity contribution in [3.05, 3.63) is 29.8 Å². The zero-order valence-corrected chi connectivity index (χ0v) is 11.3. The van der Waals surface area contributed by atoms with Crippen LogP contribution in [-0.4, -0.2) is 18.9 Å². The van der Waals surface area contributed by atoms with Gasteiger partial charge in [0, 0.05) is 12.7 Å². The number of primary amides is 1. The van der Waals surface area contributed by atoms with E-state index in [0.29, 0.717) is 11.6 Å². The highest BCUT2D eigenvalue weighted by atomic mass is 16.2. The largest absolute Gasteiger partial charge is 0.361 e. The van der Waals surface area contributed by atoms with Crippen molar-refractivity contribution in [3.63, 3.8) is 0 Å². The molecule has 0 heterocycles. The van der Waals surface area contributed by atoms with Gasteiger partial charge >= 0.3 is 11.8 Å². The lowest BCUT2D eigenvalue weighted by Gasteiger charge is -2.23. The molecule has 19 heavy (non-hydrogen) atoms. The van der Waals surface area contributed by atoms with Gasteiger partial charge in [-0.25, -0.2) is 0 Å². The molecule has 1 fully saturated rings. The average Bonchev–Trinajstić information content (AvgIpc) is 2.46. The van der Waals surface area contributed by atoms with Crippen molar-refractivity contribution in [1.82, 2.24) is 0 Å². The van der Waals surface area contributed by atoms with Gasteiger partial charge in [-0.2, -0.15) is 0 Å². The second-order valence-corrected chi connectivity index (χ2v) is 5.15. The molecular weight excluding hydrogens is 240 g/mol. The maximum Gasteiger partial charge on any atom is 0.315 e. The number of hydrogen-bond acceptors (Lipinski definition) is 2. The molecule has 1 aromatic carbocycles. The van der Waals surface area contributed by atoms with Crippen LogP contribution < -0.4 is 10.6 Å². The molecule has 1 saturated carbocycles. The quantitative estimate of drug-likeness (QED) is 0.828. The summed E-state index contributed by atoms with van der Waals surface area (Å²) >= 11 is 0. The van der Waals surface area contributed by atoms with Crippen molar-refractivity contribution in [2.45, 2.75) is 38.0 Å². The van der Waals surface area contributed by atoms with E-state index in [4.69, 9.17) is 5.73 Å². The van der Waals surface area contributed by atoms with Crippen LogP contribution in [0, 0.1) is 0 Å². The molecule has 0 unspecified atom stereocenters. The van der Waals surface area contributed by atoms with Crippen LogP contribution in [0.4, 0.5) is 5.69 Å². The molecule has 1 aliphatic rings. The first-order chi connectivity index (χ1) is 9.09. The SMILES string of the molecule is CN(C(=O)C(N)=O)c1ccc(C2CCCCC2)cc1. The van der Waals surface area contributed by atoms with Crippen molar-refractivity contribution < 1.29 is 9.59 Å². The molecule has 0 bridgehead atoms. The highest BCUT2D eigenvalue weighted by Crippen LogP contribution is 2.33. The van der Waals surface area contributed by atoms with Crippen LogP contribution in [-0.2, 0) is 9.59 Å². The van der Waals surface area contributed by atoms with Crippen LogP contribution in [0.5, 0.6) is 0 Å². The van der Waals surface area contributed by atoms with Gasteiger partial charge in [0.25, 0.3) is 0 Å². The number of carbonyl (C=O) groups excluding carboxylic acids is 2. The monoisotopic (exact) mass is 260 g/mol. The number of nitrogens with two attached hydrogens (primary N) is 1. The molecular formula is C15H20N2O2. The molecule has 0 saturated heterocycles. The van der Waals surface area contributed by atoms with Crippen molar-refractivity contribution in [2.75, 3.05) is 11.9 Å². The van der Waals surface area contributed by atoms with E-state index in [1.165, 1.54) is 42.6 Å². The van der Waals surface area contributed by atoms with Gasteiger partial charge in [0.1, 0.15) is 0 Å². The fraction of sp³-hybridized carbons (Fsp3) is 0.467. The molecule has 0 radical (unpaired) electrons. The van der Waals surface area contributed by atoms with E-state index in [2.05, 4.69) is 12.1 Å². The van der Waals surface area contributed by atoms with Gasteiger partial charge in [-0.05, 0) is 36.5 Å². The molecule has 1 aliphatic carbocycles. The number of amides is 2. The van der Waals surface area contributed by atoms with E-state index in [0.717, 1.165) is 0 Å². The zero-order valence-electron chi connectivity index (χ0n) is 11.3. The van der Waals surface area contributed by atoms with Crippen LogP contribution in [0.2, 0.25) is 0 Å². The van der Waals surface area contributed by atoms with E-state index in [1.54, 1.807) is 7.05 Å². The summed E-state index contributed by atoms with van der Waals surface area (Å²) < 4.78 is 0. The second-order valence-electron chi connectivity index (χ2n) is 5.15. The molecule has 2 N–H and O–H groups in total. The lowest BCUT2D eigenvalue weighted by molar-refractivity contribution is -0.135. The summed E-state index contributed by atoms with van der Waals surface area (Å²) in [4.78, 5) is 23.6. The van der Waals surface area contributed by atoms with Gasteiger partial charge in [-0.3, -0.25) is 9.59 Å². The number of benzene rings is 1. The van der Waals surface area contributed by atoms with E-state index in [-0.39, 0.29) is 0 Å². The first-order valence-electron chi connectivity index (χ1n) is 6.77. The molecule has 102 valence electrons. The van der Waals surface area contributed by atoms with Gasteiger partial charge in [-0.1, -0.05) is 31.4 Å². The van der Waals surface area contributed by atoms with Crippen LogP contribution in [0.1, 0.15) is 43.6 Å². The van der Waals surface area contributed by atoms with Crippen molar-refractivity contribution in [1.29, 1.82) is 0 Å².